The van der Waals surface area contributed by atoms with E-state index >= 15 is 0 Å². The normalized spacial score (nSPS) is 18.2. The van der Waals surface area contributed by atoms with Gasteiger partial charge in [0.25, 0.3) is 11.8 Å². The van der Waals surface area contributed by atoms with Crippen LogP contribution in [-0.2, 0) is 16.1 Å². The summed E-state index contributed by atoms with van der Waals surface area (Å²) in [5.41, 5.74) is 5.07. The number of aryl methyl sites for hydroxylation is 2. The monoisotopic (exact) mass is 389 g/mol. The molecule has 1 saturated heterocycles. The quantitative estimate of drug-likeness (QED) is 0.748. The predicted molar refractivity (Wildman–Crippen MR) is 113 cm³/mol. The molecule has 2 amide bonds. The number of carbonyl (C=O) groups is 2. The molecule has 5 nitrogen and oxygen atoms in total. The van der Waals surface area contributed by atoms with Gasteiger partial charge in [-0.05, 0) is 60.9 Å². The summed E-state index contributed by atoms with van der Waals surface area (Å²) in [4.78, 5) is 34.5. The Hall–Kier alpha value is -2.95. The van der Waals surface area contributed by atoms with Crippen molar-refractivity contribution in [2.24, 2.45) is 5.92 Å². The van der Waals surface area contributed by atoms with E-state index in [9.17, 15) is 9.59 Å². The van der Waals surface area contributed by atoms with Gasteiger partial charge in [-0.15, -0.1) is 0 Å². The van der Waals surface area contributed by atoms with Gasteiger partial charge in [0.1, 0.15) is 5.70 Å². The Kier molecular flexibility index (Phi) is 5.22. The maximum atomic E-state index is 13.4. The van der Waals surface area contributed by atoms with Crippen molar-refractivity contribution in [3.8, 4) is 0 Å². The maximum absolute atomic E-state index is 13.4. The number of carbonyl (C=O) groups excluding carboxylic acids is 2. The molecule has 5 heteroatoms. The van der Waals surface area contributed by atoms with Gasteiger partial charge in [-0.2, -0.15) is 0 Å². The molecular formula is C24H27N3O2. The van der Waals surface area contributed by atoms with Crippen molar-refractivity contribution in [1.29, 1.82) is 0 Å². The van der Waals surface area contributed by atoms with E-state index in [4.69, 9.17) is 0 Å². The zero-order valence-corrected chi connectivity index (χ0v) is 17.3. The lowest BCUT2D eigenvalue weighted by atomic mass is 9.96. The maximum Gasteiger partial charge on any atom is 0.278 e. The highest BCUT2D eigenvalue weighted by atomic mass is 16.2. The summed E-state index contributed by atoms with van der Waals surface area (Å²) >= 11 is 0. The summed E-state index contributed by atoms with van der Waals surface area (Å²) in [6.45, 7) is 8.20. The number of nitrogens with zero attached hydrogens (tertiary/aromatic N) is 3. The minimum Gasteiger partial charge on any atom is -0.366 e. The second-order valence-corrected chi connectivity index (χ2v) is 8.25. The van der Waals surface area contributed by atoms with Crippen LogP contribution in [0.15, 0.2) is 48.4 Å². The molecule has 1 fully saturated rings. The van der Waals surface area contributed by atoms with Crippen LogP contribution in [0.2, 0.25) is 0 Å². The standard InChI is InChI=1S/C24H27N3O2/c1-16-8-11-26(12-9-16)22-21(20-7-6-17(2)18(3)13-20)23(28)27(24(22)29)15-19-5-4-10-25-14-19/h4-7,10,13-14,16H,8-9,11-12,15H2,1-3H3. The molecule has 0 unspecified atom stereocenters. The third-order valence-corrected chi connectivity index (χ3v) is 6.10. The van der Waals surface area contributed by atoms with E-state index in [0.717, 1.165) is 42.6 Å². The minimum atomic E-state index is -0.212. The van der Waals surface area contributed by atoms with Crippen molar-refractivity contribution in [1.82, 2.24) is 14.8 Å². The van der Waals surface area contributed by atoms with Gasteiger partial charge in [0.2, 0.25) is 0 Å². The second kappa shape index (κ2) is 7.82. The molecule has 0 saturated carbocycles. The van der Waals surface area contributed by atoms with Gasteiger partial charge < -0.3 is 4.90 Å². The molecular weight excluding hydrogens is 362 g/mol. The van der Waals surface area contributed by atoms with Gasteiger partial charge in [0, 0.05) is 25.5 Å². The number of benzene rings is 1. The Morgan fingerprint density at radius 1 is 1.03 bits per heavy atom. The highest BCUT2D eigenvalue weighted by Crippen LogP contribution is 2.35. The van der Waals surface area contributed by atoms with E-state index in [1.807, 2.05) is 37.3 Å². The van der Waals surface area contributed by atoms with E-state index < -0.39 is 0 Å². The van der Waals surface area contributed by atoms with E-state index in [1.54, 1.807) is 12.4 Å². The SMILES string of the molecule is Cc1ccc(C2=C(N3CCC(C)CC3)C(=O)N(Cc3cccnc3)C2=O)cc1C. The third-order valence-electron chi connectivity index (χ3n) is 6.10. The average Bonchev–Trinajstić information content (AvgIpc) is 2.96. The molecule has 29 heavy (non-hydrogen) atoms. The molecule has 0 N–H and O–H groups in total. The van der Waals surface area contributed by atoms with Crippen molar-refractivity contribution in [2.45, 2.75) is 40.2 Å². The van der Waals surface area contributed by atoms with Crippen LogP contribution >= 0.6 is 0 Å². The number of hydrogen-bond donors (Lipinski definition) is 0. The van der Waals surface area contributed by atoms with Crippen molar-refractivity contribution >= 4 is 17.4 Å². The summed E-state index contributed by atoms with van der Waals surface area (Å²) in [5, 5.41) is 0. The molecule has 2 aromatic rings. The summed E-state index contributed by atoms with van der Waals surface area (Å²) in [7, 11) is 0. The van der Waals surface area contributed by atoms with E-state index in [0.29, 0.717) is 17.2 Å². The fourth-order valence-electron chi connectivity index (χ4n) is 4.06. The molecule has 0 aliphatic carbocycles. The molecule has 0 spiro atoms. The summed E-state index contributed by atoms with van der Waals surface area (Å²) in [6.07, 6.45) is 5.47. The van der Waals surface area contributed by atoms with Crippen LogP contribution in [0.1, 0.15) is 42.0 Å². The first-order chi connectivity index (χ1) is 14.0. The number of pyridine rings is 1. The lowest BCUT2D eigenvalue weighted by molar-refractivity contribution is -0.138. The van der Waals surface area contributed by atoms with Gasteiger partial charge in [-0.25, -0.2) is 0 Å². The Labute approximate surface area is 172 Å². The first-order valence-corrected chi connectivity index (χ1v) is 10.3. The smallest absolute Gasteiger partial charge is 0.278 e. The van der Waals surface area contributed by atoms with Gasteiger partial charge in [-0.3, -0.25) is 19.5 Å². The van der Waals surface area contributed by atoms with E-state index in [-0.39, 0.29) is 18.4 Å². The molecule has 150 valence electrons. The van der Waals surface area contributed by atoms with E-state index in [1.165, 1.54) is 10.5 Å². The highest BCUT2D eigenvalue weighted by molar-refractivity contribution is 6.35. The number of rotatable bonds is 4. The Morgan fingerprint density at radius 2 is 1.79 bits per heavy atom. The molecule has 1 aromatic heterocycles. The topological polar surface area (TPSA) is 53.5 Å². The number of aromatic nitrogens is 1. The zero-order chi connectivity index (χ0) is 20.5. The van der Waals surface area contributed by atoms with Gasteiger partial charge in [0.05, 0.1) is 12.1 Å². The lowest BCUT2D eigenvalue weighted by Crippen LogP contribution is -2.38. The van der Waals surface area contributed by atoms with E-state index in [2.05, 4.69) is 23.7 Å². The molecule has 2 aliphatic rings. The van der Waals surface area contributed by atoms with Crippen molar-refractivity contribution in [3.63, 3.8) is 0 Å². The number of likely N-dealkylation sites (tertiary alicyclic amines) is 1. The largest absolute Gasteiger partial charge is 0.366 e. The predicted octanol–water partition coefficient (Wildman–Crippen LogP) is 3.71. The molecule has 2 aliphatic heterocycles. The summed E-state index contributed by atoms with van der Waals surface area (Å²) in [6, 6.07) is 9.73. The molecule has 0 atom stereocenters. The highest BCUT2D eigenvalue weighted by Gasteiger charge is 2.42. The number of piperidine rings is 1. The van der Waals surface area contributed by atoms with Gasteiger partial charge in [0.15, 0.2) is 0 Å². The fourth-order valence-corrected chi connectivity index (χ4v) is 4.06. The van der Waals surface area contributed by atoms with Crippen LogP contribution < -0.4 is 0 Å². The Balaban J connectivity index is 1.75. The molecule has 3 heterocycles. The van der Waals surface area contributed by atoms with Crippen LogP contribution in [0, 0.1) is 19.8 Å². The number of hydrogen-bond acceptors (Lipinski definition) is 4. The number of amides is 2. The first kappa shape index (κ1) is 19.4. The molecule has 1 aromatic carbocycles. The first-order valence-electron chi connectivity index (χ1n) is 10.3. The lowest BCUT2D eigenvalue weighted by Gasteiger charge is -2.32. The molecule has 0 radical (unpaired) electrons. The zero-order valence-electron chi connectivity index (χ0n) is 17.3. The summed E-state index contributed by atoms with van der Waals surface area (Å²) in [5.74, 6) is 0.244. The van der Waals surface area contributed by atoms with Crippen molar-refractivity contribution in [2.75, 3.05) is 13.1 Å². The molecule has 4 rings (SSSR count). The second-order valence-electron chi connectivity index (χ2n) is 8.25. The molecule has 0 bridgehead atoms. The van der Waals surface area contributed by atoms with Crippen molar-refractivity contribution in [3.05, 3.63) is 70.7 Å². The third kappa shape index (κ3) is 3.69. The Bertz CT molecular complexity index is 973. The van der Waals surface area contributed by atoms with Crippen LogP contribution in [-0.4, -0.2) is 39.7 Å². The van der Waals surface area contributed by atoms with Crippen LogP contribution in [0.5, 0.6) is 0 Å². The summed E-state index contributed by atoms with van der Waals surface area (Å²) < 4.78 is 0. The van der Waals surface area contributed by atoms with Crippen LogP contribution in [0.4, 0.5) is 0 Å². The van der Waals surface area contributed by atoms with Crippen molar-refractivity contribution < 1.29 is 9.59 Å². The van der Waals surface area contributed by atoms with Crippen LogP contribution in [0.25, 0.3) is 5.57 Å². The average molecular weight is 389 g/mol. The Morgan fingerprint density at radius 3 is 2.45 bits per heavy atom. The minimum absolute atomic E-state index is 0.193. The fraction of sp³-hybridized carbons (Fsp3) is 0.375. The van der Waals surface area contributed by atoms with Gasteiger partial charge >= 0.3 is 0 Å². The number of imide groups is 1. The van der Waals surface area contributed by atoms with Crippen LogP contribution in [0.3, 0.4) is 0 Å². The van der Waals surface area contributed by atoms with Gasteiger partial charge in [-0.1, -0.05) is 31.2 Å².